The van der Waals surface area contributed by atoms with Gasteiger partial charge in [-0.3, -0.25) is 0 Å². The minimum atomic E-state index is -0.246. The van der Waals surface area contributed by atoms with Crippen LogP contribution in [0.1, 0.15) is 46.5 Å². The molecule has 1 aliphatic heterocycles. The van der Waals surface area contributed by atoms with Crippen LogP contribution in [0.3, 0.4) is 0 Å². The molecule has 0 aliphatic carbocycles. The third-order valence-electron chi connectivity index (χ3n) is 4.03. The average Bonchev–Trinajstić information content (AvgIpc) is 2.73. The molecule has 0 unspecified atom stereocenters. The number of rotatable bonds is 3. The van der Waals surface area contributed by atoms with E-state index in [1.165, 1.54) is 24.8 Å². The second-order valence-corrected chi connectivity index (χ2v) is 7.48. The van der Waals surface area contributed by atoms with Crippen molar-refractivity contribution in [3.05, 3.63) is 19.8 Å². The molecule has 1 N–H and O–H groups in total. The second kappa shape index (κ2) is 6.37. The highest BCUT2D eigenvalue weighted by Gasteiger charge is 2.28. The molecule has 106 valence electrons. The summed E-state index contributed by atoms with van der Waals surface area (Å²) in [5.74, 6) is 0.960. The molecule has 0 bridgehead atoms. The van der Waals surface area contributed by atoms with E-state index in [9.17, 15) is 4.79 Å². The van der Waals surface area contributed by atoms with E-state index in [0.717, 1.165) is 22.4 Å². The molecular formula is C14H20BrNO2S. The zero-order valence-corrected chi connectivity index (χ0v) is 14.0. The Balaban J connectivity index is 2.27. The number of esters is 1. The molecule has 3 nitrogen and oxygen atoms in total. The molecule has 0 spiro atoms. The summed E-state index contributed by atoms with van der Waals surface area (Å²) in [6.07, 6.45) is 2.42. The summed E-state index contributed by atoms with van der Waals surface area (Å²) in [4.78, 5) is 13.1. The number of ether oxygens (including phenoxy) is 1. The third-order valence-corrected chi connectivity index (χ3v) is 6.20. The maximum atomic E-state index is 11.8. The van der Waals surface area contributed by atoms with Crippen molar-refractivity contribution in [2.24, 2.45) is 5.92 Å². The predicted octanol–water partition coefficient (Wildman–Crippen LogP) is 3.71. The summed E-state index contributed by atoms with van der Waals surface area (Å²) in [6, 6.07) is 0. The molecule has 0 radical (unpaired) electrons. The first-order chi connectivity index (χ1) is 9.06. The SMILES string of the molecule is COC(=O)c1c(Br)sc([C@H](C)C2CCNCC2)c1C. The second-order valence-electron chi connectivity index (χ2n) is 5.11. The number of methoxy groups -OCH3 is 1. The highest BCUT2D eigenvalue weighted by Crippen LogP contribution is 2.41. The van der Waals surface area contributed by atoms with Crippen molar-refractivity contribution < 1.29 is 9.53 Å². The van der Waals surface area contributed by atoms with Gasteiger partial charge in [0.1, 0.15) is 0 Å². The van der Waals surface area contributed by atoms with E-state index < -0.39 is 0 Å². The molecule has 2 heterocycles. The zero-order valence-electron chi connectivity index (χ0n) is 11.6. The maximum Gasteiger partial charge on any atom is 0.340 e. The van der Waals surface area contributed by atoms with Gasteiger partial charge in [-0.15, -0.1) is 11.3 Å². The molecular weight excluding hydrogens is 326 g/mol. The Morgan fingerprint density at radius 2 is 2.11 bits per heavy atom. The number of carbonyl (C=O) groups is 1. The van der Waals surface area contributed by atoms with Gasteiger partial charge in [-0.05, 0) is 66.2 Å². The number of hydrogen-bond acceptors (Lipinski definition) is 4. The van der Waals surface area contributed by atoms with Gasteiger partial charge >= 0.3 is 5.97 Å². The molecule has 5 heteroatoms. The summed E-state index contributed by atoms with van der Waals surface area (Å²) in [5, 5.41) is 3.40. The van der Waals surface area contributed by atoms with Crippen LogP contribution in [0, 0.1) is 12.8 Å². The molecule has 19 heavy (non-hydrogen) atoms. The summed E-state index contributed by atoms with van der Waals surface area (Å²) in [7, 11) is 1.43. The standard InChI is InChI=1S/C14H20BrNO2S/c1-8(10-4-6-16-7-5-10)12-9(2)11(13(15)19-12)14(17)18-3/h8,10,16H,4-7H2,1-3H3/t8-/m1/s1. The van der Waals surface area contributed by atoms with Crippen LogP contribution in [-0.2, 0) is 4.74 Å². The van der Waals surface area contributed by atoms with Crippen LogP contribution >= 0.6 is 27.3 Å². The van der Waals surface area contributed by atoms with E-state index in [4.69, 9.17) is 4.74 Å². The van der Waals surface area contributed by atoms with Gasteiger partial charge in [-0.25, -0.2) is 4.79 Å². The summed E-state index contributed by atoms with van der Waals surface area (Å²) < 4.78 is 5.76. The smallest absolute Gasteiger partial charge is 0.340 e. The third kappa shape index (κ3) is 3.03. The predicted molar refractivity (Wildman–Crippen MR) is 82.1 cm³/mol. The monoisotopic (exact) mass is 345 g/mol. The summed E-state index contributed by atoms with van der Waals surface area (Å²) in [5.41, 5.74) is 1.78. The molecule has 2 rings (SSSR count). The van der Waals surface area contributed by atoms with E-state index in [-0.39, 0.29) is 5.97 Å². The molecule has 1 aromatic heterocycles. The van der Waals surface area contributed by atoms with E-state index in [1.54, 1.807) is 11.3 Å². The number of carbonyl (C=O) groups excluding carboxylic acids is 1. The Hall–Kier alpha value is -0.390. The molecule has 0 aromatic carbocycles. The lowest BCUT2D eigenvalue weighted by Gasteiger charge is -2.28. The molecule has 1 saturated heterocycles. The first kappa shape index (κ1) is 15.0. The Morgan fingerprint density at radius 1 is 1.47 bits per heavy atom. The van der Waals surface area contributed by atoms with E-state index in [0.29, 0.717) is 17.4 Å². The molecule has 0 amide bonds. The number of hydrogen-bond donors (Lipinski definition) is 1. The first-order valence-corrected chi connectivity index (χ1v) is 8.25. The molecule has 1 atom stereocenters. The van der Waals surface area contributed by atoms with Crippen LogP contribution in [0.4, 0.5) is 0 Å². The van der Waals surface area contributed by atoms with Crippen molar-refractivity contribution in [3.8, 4) is 0 Å². The molecule has 1 aliphatic rings. The van der Waals surface area contributed by atoms with Crippen LogP contribution in [0.2, 0.25) is 0 Å². The van der Waals surface area contributed by atoms with Gasteiger partial charge < -0.3 is 10.1 Å². The van der Waals surface area contributed by atoms with Gasteiger partial charge in [-0.2, -0.15) is 0 Å². The van der Waals surface area contributed by atoms with Gasteiger partial charge in [0.05, 0.1) is 16.5 Å². The van der Waals surface area contributed by atoms with E-state index in [1.807, 2.05) is 6.92 Å². The van der Waals surface area contributed by atoms with Gasteiger partial charge in [0.2, 0.25) is 0 Å². The number of halogens is 1. The topological polar surface area (TPSA) is 38.3 Å². The highest BCUT2D eigenvalue weighted by atomic mass is 79.9. The fourth-order valence-electron chi connectivity index (χ4n) is 2.82. The van der Waals surface area contributed by atoms with Crippen molar-refractivity contribution >= 4 is 33.2 Å². The average molecular weight is 346 g/mol. The zero-order chi connectivity index (χ0) is 14.0. The van der Waals surface area contributed by atoms with Crippen molar-refractivity contribution in [3.63, 3.8) is 0 Å². The lowest BCUT2D eigenvalue weighted by molar-refractivity contribution is 0.0599. The highest BCUT2D eigenvalue weighted by molar-refractivity contribution is 9.11. The molecule has 1 aromatic rings. The summed E-state index contributed by atoms with van der Waals surface area (Å²) in [6.45, 7) is 6.51. The van der Waals surface area contributed by atoms with Gasteiger partial charge in [0, 0.05) is 4.88 Å². The number of thiophene rings is 1. The Bertz CT molecular complexity index is 466. The van der Waals surface area contributed by atoms with Gasteiger partial charge in [-0.1, -0.05) is 6.92 Å². The fraction of sp³-hybridized carbons (Fsp3) is 0.643. The van der Waals surface area contributed by atoms with Crippen molar-refractivity contribution in [1.29, 1.82) is 0 Å². The van der Waals surface area contributed by atoms with Crippen LogP contribution in [0.5, 0.6) is 0 Å². The van der Waals surface area contributed by atoms with Crippen LogP contribution in [0.25, 0.3) is 0 Å². The van der Waals surface area contributed by atoms with Gasteiger partial charge in [0.15, 0.2) is 0 Å². The van der Waals surface area contributed by atoms with Crippen LogP contribution in [-0.4, -0.2) is 26.2 Å². The van der Waals surface area contributed by atoms with Crippen molar-refractivity contribution in [1.82, 2.24) is 5.32 Å². The quantitative estimate of drug-likeness (QED) is 0.848. The van der Waals surface area contributed by atoms with Crippen molar-refractivity contribution in [2.45, 2.75) is 32.6 Å². The number of nitrogens with one attached hydrogen (secondary N) is 1. The largest absolute Gasteiger partial charge is 0.465 e. The van der Waals surface area contributed by atoms with Gasteiger partial charge in [0.25, 0.3) is 0 Å². The number of piperidine rings is 1. The minimum absolute atomic E-state index is 0.246. The Labute approximate surface area is 126 Å². The Kier molecular flexibility index (Phi) is 5.03. The molecule has 1 fully saturated rings. The van der Waals surface area contributed by atoms with Crippen LogP contribution < -0.4 is 5.32 Å². The maximum absolute atomic E-state index is 11.8. The molecule has 0 saturated carbocycles. The Morgan fingerprint density at radius 3 is 2.68 bits per heavy atom. The minimum Gasteiger partial charge on any atom is -0.465 e. The lowest BCUT2D eigenvalue weighted by Crippen LogP contribution is -2.30. The van der Waals surface area contributed by atoms with E-state index in [2.05, 4.69) is 28.2 Å². The van der Waals surface area contributed by atoms with Crippen LogP contribution in [0.15, 0.2) is 3.79 Å². The first-order valence-electron chi connectivity index (χ1n) is 6.64. The fourth-order valence-corrected chi connectivity index (χ4v) is 4.97. The van der Waals surface area contributed by atoms with E-state index >= 15 is 0 Å². The normalized spacial score (nSPS) is 18.3. The van der Waals surface area contributed by atoms with Crippen molar-refractivity contribution in [2.75, 3.05) is 20.2 Å². The lowest BCUT2D eigenvalue weighted by atomic mass is 9.84. The summed E-state index contributed by atoms with van der Waals surface area (Å²) >= 11 is 5.19.